The number of hydrogen-bond acceptors (Lipinski definition) is 3. The topological polar surface area (TPSA) is 43.4 Å². The van der Waals surface area contributed by atoms with Crippen LogP contribution in [0, 0.1) is 0 Å². The van der Waals surface area contributed by atoms with Gasteiger partial charge in [0, 0.05) is 5.56 Å². The van der Waals surface area contributed by atoms with Crippen molar-refractivity contribution in [2.75, 3.05) is 7.11 Å². The van der Waals surface area contributed by atoms with Gasteiger partial charge in [0.1, 0.15) is 13.8 Å². The summed E-state index contributed by atoms with van der Waals surface area (Å²) in [6, 6.07) is 6.69. The van der Waals surface area contributed by atoms with E-state index in [-0.39, 0.29) is 16.2 Å². The van der Waals surface area contributed by atoms with Crippen molar-refractivity contribution >= 4 is 19.3 Å². The van der Waals surface area contributed by atoms with E-state index in [4.69, 9.17) is 4.74 Å². The van der Waals surface area contributed by atoms with Crippen LogP contribution in [0.25, 0.3) is 0 Å². The van der Waals surface area contributed by atoms with E-state index in [0.29, 0.717) is 11.3 Å². The molecule has 0 saturated carbocycles. The van der Waals surface area contributed by atoms with E-state index in [2.05, 4.69) is 0 Å². The summed E-state index contributed by atoms with van der Waals surface area (Å²) in [5, 5.41) is -0.350. The molecule has 1 aromatic carbocycles. The number of ketones is 1. The number of carbonyl (C=O) groups excluding carboxylic acids is 2. The fraction of sp³-hybridized carbons (Fsp3) is 0.467. The van der Waals surface area contributed by atoms with E-state index in [0.717, 1.165) is 0 Å². The van der Waals surface area contributed by atoms with Gasteiger partial charge in [0.25, 0.3) is 0 Å². The van der Waals surface area contributed by atoms with Crippen LogP contribution in [-0.4, -0.2) is 26.4 Å². The minimum atomic E-state index is -2.30. The summed E-state index contributed by atoms with van der Waals surface area (Å²) in [7, 11) is -0.729. The largest absolute Gasteiger partial charge is 0.497 e. The van der Waals surface area contributed by atoms with Crippen molar-refractivity contribution in [2.24, 2.45) is 0 Å². The van der Waals surface area contributed by atoms with Gasteiger partial charge in [-0.3, -0.25) is 9.59 Å². The average Bonchev–Trinajstić information content (AvgIpc) is 2.35. The molecule has 0 saturated heterocycles. The predicted molar refractivity (Wildman–Crippen MR) is 79.5 cm³/mol. The minimum Gasteiger partial charge on any atom is -0.497 e. The molecule has 3 nitrogen and oxygen atoms in total. The number of benzene rings is 1. The first-order valence-electron chi connectivity index (χ1n) is 6.34. The smallest absolute Gasteiger partial charge is 0.223 e. The van der Waals surface area contributed by atoms with E-state index in [1.165, 1.54) is 0 Å². The lowest BCUT2D eigenvalue weighted by atomic mass is 10.1. The molecule has 0 aliphatic rings. The first-order chi connectivity index (χ1) is 8.61. The molecule has 0 heterocycles. The average molecular weight is 278 g/mol. The van der Waals surface area contributed by atoms with Crippen molar-refractivity contribution in [3.8, 4) is 5.75 Å². The Morgan fingerprint density at radius 2 is 1.53 bits per heavy atom. The summed E-state index contributed by atoms with van der Waals surface area (Å²) in [6.45, 7) is 9.99. The fourth-order valence-electron chi connectivity index (χ4n) is 1.50. The Kier molecular flexibility index (Phi) is 4.35. The Hall–Kier alpha value is -1.42. The van der Waals surface area contributed by atoms with E-state index in [1.54, 1.807) is 31.4 Å². The van der Waals surface area contributed by atoms with Gasteiger partial charge in [-0.15, -0.1) is 0 Å². The van der Waals surface area contributed by atoms with Gasteiger partial charge in [-0.2, -0.15) is 0 Å². The van der Waals surface area contributed by atoms with Crippen LogP contribution in [0.4, 0.5) is 0 Å². The Labute approximate surface area is 116 Å². The van der Waals surface area contributed by atoms with E-state index < -0.39 is 8.07 Å². The van der Waals surface area contributed by atoms with Gasteiger partial charge in [0.05, 0.1) is 7.11 Å². The maximum atomic E-state index is 12.4. The minimum absolute atomic E-state index is 0.133. The van der Waals surface area contributed by atoms with Gasteiger partial charge in [-0.1, -0.05) is 33.9 Å². The van der Waals surface area contributed by atoms with Gasteiger partial charge >= 0.3 is 0 Å². The highest BCUT2D eigenvalue weighted by Gasteiger charge is 2.45. The molecule has 0 N–H and O–H groups in total. The SMILES string of the molecule is COc1ccc(C(=O)C(=O)[Si](C)(C)C(C)(C)C)cc1. The van der Waals surface area contributed by atoms with Crippen molar-refractivity contribution in [1.29, 1.82) is 0 Å². The number of Topliss-reactive ketones (excluding diaryl/α,β-unsaturated/α-hetero) is 1. The van der Waals surface area contributed by atoms with Gasteiger partial charge in [0.2, 0.25) is 5.78 Å². The summed E-state index contributed by atoms with van der Waals surface area (Å²) >= 11 is 0. The van der Waals surface area contributed by atoms with Crippen molar-refractivity contribution in [1.82, 2.24) is 0 Å². The van der Waals surface area contributed by atoms with Crippen LogP contribution in [-0.2, 0) is 4.79 Å². The molecule has 1 aromatic rings. The highest BCUT2D eigenvalue weighted by Crippen LogP contribution is 2.37. The molecule has 0 aliphatic carbocycles. The molecule has 0 aliphatic heterocycles. The monoisotopic (exact) mass is 278 g/mol. The van der Waals surface area contributed by atoms with Crippen LogP contribution in [0.15, 0.2) is 24.3 Å². The first kappa shape index (κ1) is 15.6. The molecule has 0 bridgehead atoms. The molecule has 4 heteroatoms. The lowest BCUT2D eigenvalue weighted by Gasteiger charge is -2.34. The second-order valence-electron chi connectivity index (χ2n) is 6.26. The predicted octanol–water partition coefficient (Wildman–Crippen LogP) is 3.49. The molecule has 0 unspecified atom stereocenters. The molecule has 104 valence electrons. The fourth-order valence-corrected chi connectivity index (χ4v) is 2.89. The molecule has 0 amide bonds. The van der Waals surface area contributed by atoms with Crippen LogP contribution >= 0.6 is 0 Å². The van der Waals surface area contributed by atoms with Crippen molar-refractivity contribution in [2.45, 2.75) is 38.9 Å². The first-order valence-corrected chi connectivity index (χ1v) is 9.34. The summed E-state index contributed by atoms with van der Waals surface area (Å²) in [5.74, 6) is 0.297. The summed E-state index contributed by atoms with van der Waals surface area (Å²) in [5.41, 5.74) is 0.440. The molecule has 0 fully saturated rings. The van der Waals surface area contributed by atoms with Gasteiger partial charge < -0.3 is 4.74 Å². The van der Waals surface area contributed by atoms with Crippen molar-refractivity contribution in [3.63, 3.8) is 0 Å². The standard InChI is InChI=1S/C15H22O3Si/c1-15(2,3)19(5,6)14(17)13(16)11-7-9-12(18-4)10-8-11/h7-10H,1-6H3. The number of rotatable bonds is 4. The lowest BCUT2D eigenvalue weighted by Crippen LogP contribution is -2.49. The van der Waals surface area contributed by atoms with Gasteiger partial charge in [0.15, 0.2) is 5.41 Å². The second kappa shape index (κ2) is 5.29. The number of hydrogen-bond donors (Lipinski definition) is 0. The van der Waals surface area contributed by atoms with Gasteiger partial charge in [-0.25, -0.2) is 0 Å². The molecule has 0 aromatic heterocycles. The summed E-state index contributed by atoms with van der Waals surface area (Å²) in [4.78, 5) is 24.7. The summed E-state index contributed by atoms with van der Waals surface area (Å²) in [6.07, 6.45) is 0. The van der Waals surface area contributed by atoms with E-state index in [1.807, 2.05) is 33.9 Å². The third-order valence-electron chi connectivity index (χ3n) is 4.00. The Morgan fingerprint density at radius 3 is 1.89 bits per heavy atom. The molecule has 1 rings (SSSR count). The maximum absolute atomic E-state index is 12.4. The Balaban J connectivity index is 3.03. The van der Waals surface area contributed by atoms with Gasteiger partial charge in [-0.05, 0) is 29.3 Å². The van der Waals surface area contributed by atoms with Crippen LogP contribution in [0.5, 0.6) is 5.75 Å². The maximum Gasteiger partial charge on any atom is 0.223 e. The number of carbonyl (C=O) groups is 2. The van der Waals surface area contributed by atoms with Crippen LogP contribution in [0.1, 0.15) is 31.1 Å². The van der Waals surface area contributed by atoms with Crippen molar-refractivity contribution in [3.05, 3.63) is 29.8 Å². The normalized spacial score (nSPS) is 12.1. The number of ether oxygens (including phenoxy) is 1. The van der Waals surface area contributed by atoms with Crippen LogP contribution < -0.4 is 4.74 Å². The molecule has 19 heavy (non-hydrogen) atoms. The highest BCUT2D eigenvalue weighted by molar-refractivity contribution is 7.14. The zero-order valence-electron chi connectivity index (χ0n) is 12.5. The van der Waals surface area contributed by atoms with Crippen molar-refractivity contribution < 1.29 is 14.3 Å². The third kappa shape index (κ3) is 3.12. The molecular formula is C15H22O3Si. The Morgan fingerprint density at radius 1 is 1.05 bits per heavy atom. The third-order valence-corrected chi connectivity index (χ3v) is 9.11. The zero-order chi connectivity index (χ0) is 14.8. The quantitative estimate of drug-likeness (QED) is 0.481. The van der Waals surface area contributed by atoms with Crippen LogP contribution in [0.2, 0.25) is 18.1 Å². The number of methoxy groups -OCH3 is 1. The Bertz CT molecular complexity index is 481. The van der Waals surface area contributed by atoms with Crippen LogP contribution in [0.3, 0.4) is 0 Å². The highest BCUT2D eigenvalue weighted by atomic mass is 28.3. The lowest BCUT2D eigenvalue weighted by molar-refractivity contribution is -0.109. The van der Waals surface area contributed by atoms with E-state index in [9.17, 15) is 9.59 Å². The molecule has 0 spiro atoms. The molecule has 0 radical (unpaired) electrons. The van der Waals surface area contributed by atoms with E-state index >= 15 is 0 Å². The molecular weight excluding hydrogens is 256 g/mol. The summed E-state index contributed by atoms with van der Waals surface area (Å²) < 4.78 is 5.04. The second-order valence-corrected chi connectivity index (χ2v) is 11.5. The molecule has 0 atom stereocenters. The zero-order valence-corrected chi connectivity index (χ0v) is 13.5.